The normalized spacial score (nSPS) is 11.0. The maximum Gasteiger partial charge on any atom is 0.355 e. The fourth-order valence-electron chi connectivity index (χ4n) is 2.68. The number of hydrogen-bond acceptors (Lipinski definition) is 4. The number of carbonyl (C=O) groups is 1. The second-order valence-corrected chi connectivity index (χ2v) is 6.30. The van der Waals surface area contributed by atoms with Crippen LogP contribution >= 0.6 is 11.3 Å². The lowest BCUT2D eigenvalue weighted by atomic mass is 10.1. The van der Waals surface area contributed by atoms with Crippen LogP contribution in [0.25, 0.3) is 27.3 Å². The lowest BCUT2D eigenvalue weighted by Gasteiger charge is -1.99. The average Bonchev–Trinajstić information content (AvgIpc) is 3.19. The quantitative estimate of drug-likeness (QED) is 0.610. The summed E-state index contributed by atoms with van der Waals surface area (Å²) >= 11 is 1.27. The molecule has 0 spiro atoms. The number of benzene rings is 2. The molecule has 118 valence electrons. The molecular formula is C18H13N3O2S. The van der Waals surface area contributed by atoms with E-state index in [-0.39, 0.29) is 5.69 Å². The predicted molar refractivity (Wildman–Crippen MR) is 93.9 cm³/mol. The van der Waals surface area contributed by atoms with Gasteiger partial charge in [-0.25, -0.2) is 14.5 Å². The maximum atomic E-state index is 11.1. The van der Waals surface area contributed by atoms with Crippen molar-refractivity contribution in [3.05, 3.63) is 65.2 Å². The smallest absolute Gasteiger partial charge is 0.355 e. The summed E-state index contributed by atoms with van der Waals surface area (Å²) in [5.74, 6) is -1.03. The van der Waals surface area contributed by atoms with Gasteiger partial charge in [0.1, 0.15) is 5.69 Å². The van der Waals surface area contributed by atoms with Crippen LogP contribution in [-0.4, -0.2) is 25.8 Å². The van der Waals surface area contributed by atoms with Crippen molar-refractivity contribution in [3.8, 4) is 16.4 Å². The topological polar surface area (TPSA) is 68.0 Å². The number of para-hydroxylation sites is 1. The molecule has 4 aromatic rings. The fourth-order valence-corrected chi connectivity index (χ4v) is 3.44. The van der Waals surface area contributed by atoms with Crippen LogP contribution in [0, 0.1) is 6.92 Å². The predicted octanol–water partition coefficient (Wildman–Crippen LogP) is 4.16. The van der Waals surface area contributed by atoms with Crippen LogP contribution in [0.15, 0.2) is 53.9 Å². The molecule has 0 bridgehead atoms. The highest BCUT2D eigenvalue weighted by atomic mass is 32.1. The number of carboxylic acids is 1. The van der Waals surface area contributed by atoms with Crippen molar-refractivity contribution < 1.29 is 9.90 Å². The summed E-state index contributed by atoms with van der Waals surface area (Å²) in [4.78, 5) is 15.3. The minimum atomic E-state index is -1.03. The van der Waals surface area contributed by atoms with Crippen molar-refractivity contribution in [1.29, 1.82) is 0 Å². The number of aromatic carboxylic acids is 1. The summed E-state index contributed by atoms with van der Waals surface area (Å²) in [5, 5.41) is 16.9. The Morgan fingerprint density at radius 3 is 2.75 bits per heavy atom. The lowest BCUT2D eigenvalue weighted by Crippen LogP contribution is -2.00. The minimum Gasteiger partial charge on any atom is -0.476 e. The van der Waals surface area contributed by atoms with Crippen LogP contribution < -0.4 is 0 Å². The molecule has 0 aliphatic carbocycles. The van der Waals surface area contributed by atoms with Gasteiger partial charge in [-0.2, -0.15) is 5.10 Å². The van der Waals surface area contributed by atoms with Crippen molar-refractivity contribution >= 4 is 28.2 Å². The number of thiazole rings is 1. The van der Waals surface area contributed by atoms with E-state index in [0.717, 1.165) is 27.7 Å². The third-order valence-corrected chi connectivity index (χ3v) is 4.59. The molecule has 4 rings (SSSR count). The zero-order valence-electron chi connectivity index (χ0n) is 12.8. The standard InChI is InChI=1S/C18H13N3O2S/c1-11-5-4-6-12(9-11)16-13-7-2-3-8-15(13)21(20-16)18-19-14(10-24-18)17(22)23/h2-10H,1H3,(H,22,23). The number of nitrogens with zero attached hydrogens (tertiary/aromatic N) is 3. The molecule has 0 aliphatic rings. The molecule has 2 aromatic heterocycles. The van der Waals surface area contributed by atoms with Crippen molar-refractivity contribution in [3.63, 3.8) is 0 Å². The SMILES string of the molecule is Cc1cccc(-c2nn(-c3nc(C(=O)O)cs3)c3ccccc23)c1. The van der Waals surface area contributed by atoms with Gasteiger partial charge in [-0.3, -0.25) is 0 Å². The molecule has 2 heterocycles. The fraction of sp³-hybridized carbons (Fsp3) is 0.0556. The van der Waals surface area contributed by atoms with E-state index in [0.29, 0.717) is 5.13 Å². The van der Waals surface area contributed by atoms with Crippen LogP contribution in [0.3, 0.4) is 0 Å². The van der Waals surface area contributed by atoms with E-state index in [1.54, 1.807) is 4.68 Å². The van der Waals surface area contributed by atoms with Gasteiger partial charge >= 0.3 is 5.97 Å². The van der Waals surface area contributed by atoms with Crippen LogP contribution in [0.2, 0.25) is 0 Å². The van der Waals surface area contributed by atoms with Gasteiger partial charge in [0.15, 0.2) is 5.69 Å². The molecule has 2 aromatic carbocycles. The van der Waals surface area contributed by atoms with Gasteiger partial charge in [0.25, 0.3) is 0 Å². The number of rotatable bonds is 3. The molecule has 6 heteroatoms. The van der Waals surface area contributed by atoms with Gasteiger partial charge < -0.3 is 5.11 Å². The molecule has 0 saturated carbocycles. The van der Waals surface area contributed by atoms with Crippen molar-refractivity contribution in [1.82, 2.24) is 14.8 Å². The number of fused-ring (bicyclic) bond motifs is 1. The number of carboxylic acid groups (broad SMARTS) is 1. The second kappa shape index (κ2) is 5.58. The zero-order valence-corrected chi connectivity index (χ0v) is 13.6. The number of hydrogen-bond donors (Lipinski definition) is 1. The molecular weight excluding hydrogens is 322 g/mol. The molecule has 0 radical (unpaired) electrons. The Labute approximate surface area is 141 Å². The van der Waals surface area contributed by atoms with E-state index in [2.05, 4.69) is 11.1 Å². The van der Waals surface area contributed by atoms with E-state index < -0.39 is 5.97 Å². The van der Waals surface area contributed by atoms with Gasteiger partial charge in [0.05, 0.1) is 5.52 Å². The Morgan fingerprint density at radius 2 is 2.00 bits per heavy atom. The summed E-state index contributed by atoms with van der Waals surface area (Å²) in [6.07, 6.45) is 0. The lowest BCUT2D eigenvalue weighted by molar-refractivity contribution is 0.0691. The van der Waals surface area contributed by atoms with Gasteiger partial charge in [-0.15, -0.1) is 11.3 Å². The first kappa shape index (κ1) is 14.6. The Balaban J connectivity index is 1.95. The van der Waals surface area contributed by atoms with Gasteiger partial charge in [0, 0.05) is 16.3 Å². The summed E-state index contributed by atoms with van der Waals surface area (Å²) in [6, 6.07) is 16.0. The van der Waals surface area contributed by atoms with Gasteiger partial charge in [0.2, 0.25) is 5.13 Å². The summed E-state index contributed by atoms with van der Waals surface area (Å²) < 4.78 is 1.71. The van der Waals surface area contributed by atoms with Crippen molar-refractivity contribution in [2.75, 3.05) is 0 Å². The average molecular weight is 335 g/mol. The molecule has 0 unspecified atom stereocenters. The maximum absolute atomic E-state index is 11.1. The number of aromatic nitrogens is 3. The first-order valence-corrected chi connectivity index (χ1v) is 8.25. The van der Waals surface area contributed by atoms with E-state index in [1.165, 1.54) is 16.7 Å². The highest BCUT2D eigenvalue weighted by Crippen LogP contribution is 2.30. The van der Waals surface area contributed by atoms with Crippen LogP contribution in [0.4, 0.5) is 0 Å². The summed E-state index contributed by atoms with van der Waals surface area (Å²) in [7, 11) is 0. The minimum absolute atomic E-state index is 0.0340. The summed E-state index contributed by atoms with van der Waals surface area (Å²) in [6.45, 7) is 2.04. The largest absolute Gasteiger partial charge is 0.476 e. The Hall–Kier alpha value is -2.99. The van der Waals surface area contributed by atoms with Crippen LogP contribution in [0.5, 0.6) is 0 Å². The first-order valence-electron chi connectivity index (χ1n) is 7.37. The van der Waals surface area contributed by atoms with E-state index >= 15 is 0 Å². The third-order valence-electron chi connectivity index (χ3n) is 3.77. The number of aryl methyl sites for hydroxylation is 1. The first-order chi connectivity index (χ1) is 11.6. The highest BCUT2D eigenvalue weighted by Gasteiger charge is 2.16. The monoisotopic (exact) mass is 335 g/mol. The molecule has 0 aliphatic heterocycles. The molecule has 24 heavy (non-hydrogen) atoms. The Morgan fingerprint density at radius 1 is 1.17 bits per heavy atom. The second-order valence-electron chi connectivity index (χ2n) is 5.47. The van der Waals surface area contributed by atoms with Crippen molar-refractivity contribution in [2.24, 2.45) is 0 Å². The molecule has 1 N–H and O–H groups in total. The molecule has 0 saturated heterocycles. The van der Waals surface area contributed by atoms with E-state index in [4.69, 9.17) is 10.2 Å². The summed E-state index contributed by atoms with van der Waals surface area (Å²) in [5.41, 5.74) is 3.99. The molecule has 0 atom stereocenters. The van der Waals surface area contributed by atoms with E-state index in [9.17, 15) is 4.79 Å². The van der Waals surface area contributed by atoms with E-state index in [1.807, 2.05) is 49.4 Å². The van der Waals surface area contributed by atoms with Gasteiger partial charge in [-0.1, -0.05) is 42.0 Å². The van der Waals surface area contributed by atoms with Gasteiger partial charge in [-0.05, 0) is 19.1 Å². The molecule has 0 amide bonds. The zero-order chi connectivity index (χ0) is 16.7. The third kappa shape index (κ3) is 2.37. The van der Waals surface area contributed by atoms with Crippen molar-refractivity contribution in [2.45, 2.75) is 6.92 Å². The van der Waals surface area contributed by atoms with Crippen LogP contribution in [-0.2, 0) is 0 Å². The molecule has 0 fully saturated rings. The Bertz CT molecular complexity index is 1070. The Kier molecular flexibility index (Phi) is 3.39. The van der Waals surface area contributed by atoms with Crippen LogP contribution in [0.1, 0.15) is 16.1 Å². The highest BCUT2D eigenvalue weighted by molar-refractivity contribution is 7.12. The molecule has 5 nitrogen and oxygen atoms in total.